The molecule has 25 heavy (non-hydrogen) atoms. The fourth-order valence-electron chi connectivity index (χ4n) is 3.02. The Kier molecular flexibility index (Phi) is 11.6. The van der Waals surface area contributed by atoms with Crippen molar-refractivity contribution < 1.29 is 0 Å². The van der Waals surface area contributed by atoms with Crippen molar-refractivity contribution in [1.29, 1.82) is 0 Å². The molecule has 0 radical (unpaired) electrons. The Hall–Kier alpha value is -0.410. The zero-order chi connectivity index (χ0) is 17.2. The van der Waals surface area contributed by atoms with Gasteiger partial charge in [0.1, 0.15) is 0 Å². The second-order valence-corrected chi connectivity index (χ2v) is 7.54. The average molecular weight is 479 g/mol. The van der Waals surface area contributed by atoms with E-state index in [0.717, 1.165) is 31.9 Å². The highest BCUT2D eigenvalue weighted by Gasteiger charge is 2.19. The van der Waals surface area contributed by atoms with Gasteiger partial charge in [-0.05, 0) is 39.2 Å². The molecule has 2 N–H and O–H groups in total. The van der Waals surface area contributed by atoms with Crippen molar-refractivity contribution >= 4 is 41.3 Å². The average Bonchev–Trinajstić information content (AvgIpc) is 3.05. The summed E-state index contributed by atoms with van der Waals surface area (Å²) < 4.78 is 0. The van der Waals surface area contributed by atoms with Gasteiger partial charge in [-0.15, -0.1) is 35.3 Å². The SMILES string of the molecule is CCCN1CCC(NC(=NCCc2ncc(CC)s2)NCC)CC1.I. The van der Waals surface area contributed by atoms with Crippen LogP contribution in [-0.4, -0.2) is 54.6 Å². The fraction of sp³-hybridized carbons (Fsp3) is 0.778. The molecule has 0 bridgehead atoms. The minimum atomic E-state index is 0. The molecule has 0 aromatic carbocycles. The number of piperidine rings is 1. The van der Waals surface area contributed by atoms with Gasteiger partial charge < -0.3 is 15.5 Å². The molecule has 0 atom stereocenters. The smallest absolute Gasteiger partial charge is 0.191 e. The van der Waals surface area contributed by atoms with Crippen LogP contribution in [0.4, 0.5) is 0 Å². The van der Waals surface area contributed by atoms with Crippen molar-refractivity contribution in [3.63, 3.8) is 0 Å². The van der Waals surface area contributed by atoms with Crippen LogP contribution >= 0.6 is 35.3 Å². The van der Waals surface area contributed by atoms with Crippen LogP contribution in [0, 0.1) is 0 Å². The molecule has 1 aliphatic heterocycles. The van der Waals surface area contributed by atoms with Gasteiger partial charge in [0.05, 0.1) is 5.01 Å². The van der Waals surface area contributed by atoms with Crippen LogP contribution in [-0.2, 0) is 12.8 Å². The van der Waals surface area contributed by atoms with Crippen molar-refractivity contribution in [3.05, 3.63) is 16.1 Å². The summed E-state index contributed by atoms with van der Waals surface area (Å²) in [5.74, 6) is 0.957. The van der Waals surface area contributed by atoms with Gasteiger partial charge >= 0.3 is 0 Å². The third-order valence-electron chi connectivity index (χ3n) is 4.36. The van der Waals surface area contributed by atoms with E-state index in [1.807, 2.05) is 17.5 Å². The monoisotopic (exact) mass is 479 g/mol. The largest absolute Gasteiger partial charge is 0.357 e. The summed E-state index contributed by atoms with van der Waals surface area (Å²) in [6.45, 7) is 11.9. The van der Waals surface area contributed by atoms with Crippen LogP contribution < -0.4 is 10.6 Å². The lowest BCUT2D eigenvalue weighted by molar-refractivity contribution is 0.206. The van der Waals surface area contributed by atoms with Crippen molar-refractivity contribution in [3.8, 4) is 0 Å². The van der Waals surface area contributed by atoms with E-state index in [0.29, 0.717) is 6.04 Å². The van der Waals surface area contributed by atoms with E-state index in [1.165, 1.54) is 48.8 Å². The normalized spacial score (nSPS) is 16.5. The molecule has 0 unspecified atom stereocenters. The number of nitrogens with one attached hydrogen (secondary N) is 2. The molecule has 5 nitrogen and oxygen atoms in total. The Morgan fingerprint density at radius 3 is 2.68 bits per heavy atom. The van der Waals surface area contributed by atoms with Crippen molar-refractivity contribution in [1.82, 2.24) is 20.5 Å². The third kappa shape index (κ3) is 8.21. The van der Waals surface area contributed by atoms with Crippen LogP contribution in [0.15, 0.2) is 11.2 Å². The molecular formula is C18H34IN5S. The number of halogens is 1. The Morgan fingerprint density at radius 1 is 1.32 bits per heavy atom. The van der Waals surface area contributed by atoms with E-state index in [-0.39, 0.29) is 24.0 Å². The summed E-state index contributed by atoms with van der Waals surface area (Å²) >= 11 is 1.81. The molecule has 1 aromatic heterocycles. The number of likely N-dealkylation sites (tertiary alicyclic amines) is 1. The number of aryl methyl sites for hydroxylation is 1. The lowest BCUT2D eigenvalue weighted by atomic mass is 10.1. The van der Waals surface area contributed by atoms with Crippen molar-refractivity contribution in [2.24, 2.45) is 4.99 Å². The first-order valence-corrected chi connectivity index (χ1v) is 10.3. The Labute approximate surface area is 174 Å². The summed E-state index contributed by atoms with van der Waals surface area (Å²) in [5.41, 5.74) is 0. The standard InChI is InChI=1S/C18H33N5S.HI/c1-4-11-23-12-8-15(9-13-23)22-18(19-6-3)20-10-7-17-21-14-16(5-2)24-17;/h14-15H,4-13H2,1-3H3,(H2,19,20,22);1H. The highest BCUT2D eigenvalue weighted by Crippen LogP contribution is 2.14. The lowest BCUT2D eigenvalue weighted by Gasteiger charge is -2.32. The van der Waals surface area contributed by atoms with Gasteiger partial charge in [-0.25, -0.2) is 4.98 Å². The molecule has 1 saturated heterocycles. The molecule has 0 spiro atoms. The van der Waals surface area contributed by atoms with Gasteiger partial charge in [0.25, 0.3) is 0 Å². The maximum atomic E-state index is 4.74. The van der Waals surface area contributed by atoms with Crippen LogP contribution in [0.1, 0.15) is 49.9 Å². The van der Waals surface area contributed by atoms with Gasteiger partial charge in [0.15, 0.2) is 5.96 Å². The Balaban J connectivity index is 0.00000312. The van der Waals surface area contributed by atoms with Crippen LogP contribution in [0.2, 0.25) is 0 Å². The molecule has 1 aliphatic rings. The summed E-state index contributed by atoms with van der Waals surface area (Å²) in [7, 11) is 0. The summed E-state index contributed by atoms with van der Waals surface area (Å²) in [6.07, 6.45) is 7.65. The number of aromatic nitrogens is 1. The molecule has 7 heteroatoms. The number of hydrogen-bond donors (Lipinski definition) is 2. The van der Waals surface area contributed by atoms with Crippen molar-refractivity contribution in [2.45, 2.75) is 58.9 Å². The molecule has 0 amide bonds. The molecule has 2 heterocycles. The van der Waals surface area contributed by atoms with Gasteiger partial charge in [0.2, 0.25) is 0 Å². The Morgan fingerprint density at radius 2 is 2.08 bits per heavy atom. The van der Waals surface area contributed by atoms with Crippen molar-refractivity contribution in [2.75, 3.05) is 32.7 Å². The molecule has 144 valence electrons. The molecule has 1 fully saturated rings. The topological polar surface area (TPSA) is 52.5 Å². The van der Waals surface area contributed by atoms with E-state index in [2.05, 4.69) is 41.3 Å². The van der Waals surface area contributed by atoms with E-state index < -0.39 is 0 Å². The van der Waals surface area contributed by atoms with E-state index in [1.54, 1.807) is 0 Å². The third-order valence-corrected chi connectivity index (χ3v) is 5.56. The Bertz CT molecular complexity index is 497. The minimum Gasteiger partial charge on any atom is -0.357 e. The summed E-state index contributed by atoms with van der Waals surface area (Å²) in [5, 5.41) is 8.19. The van der Waals surface area contributed by atoms with E-state index in [9.17, 15) is 0 Å². The quantitative estimate of drug-likeness (QED) is 0.342. The highest BCUT2D eigenvalue weighted by atomic mass is 127. The second kappa shape index (κ2) is 12.9. The predicted octanol–water partition coefficient (Wildman–Crippen LogP) is 3.30. The predicted molar refractivity (Wildman–Crippen MR) is 119 cm³/mol. The number of hydrogen-bond acceptors (Lipinski definition) is 4. The molecule has 1 aromatic rings. The highest BCUT2D eigenvalue weighted by molar-refractivity contribution is 14.0. The first-order chi connectivity index (χ1) is 11.7. The van der Waals surface area contributed by atoms with E-state index >= 15 is 0 Å². The first-order valence-electron chi connectivity index (χ1n) is 9.45. The number of aliphatic imine (C=N–C) groups is 1. The second-order valence-electron chi connectivity index (χ2n) is 6.34. The lowest BCUT2D eigenvalue weighted by Crippen LogP contribution is -2.48. The fourth-order valence-corrected chi connectivity index (χ4v) is 3.87. The van der Waals surface area contributed by atoms with Crippen LogP contribution in [0.3, 0.4) is 0 Å². The first kappa shape index (κ1) is 22.6. The summed E-state index contributed by atoms with van der Waals surface area (Å²) in [6, 6.07) is 0.544. The number of nitrogens with zero attached hydrogens (tertiary/aromatic N) is 3. The van der Waals surface area contributed by atoms with Gasteiger partial charge in [-0.1, -0.05) is 13.8 Å². The zero-order valence-electron chi connectivity index (χ0n) is 15.9. The number of rotatable bonds is 8. The molecule has 2 rings (SSSR count). The molecular weight excluding hydrogens is 445 g/mol. The number of thiazole rings is 1. The van der Waals surface area contributed by atoms with Gasteiger partial charge in [-0.3, -0.25) is 4.99 Å². The maximum Gasteiger partial charge on any atom is 0.191 e. The minimum absolute atomic E-state index is 0. The van der Waals surface area contributed by atoms with Crippen LogP contribution in [0.5, 0.6) is 0 Å². The zero-order valence-corrected chi connectivity index (χ0v) is 19.0. The summed E-state index contributed by atoms with van der Waals surface area (Å²) in [4.78, 5) is 13.1. The molecule has 0 saturated carbocycles. The maximum absolute atomic E-state index is 4.74. The number of guanidine groups is 1. The van der Waals surface area contributed by atoms with E-state index in [4.69, 9.17) is 4.99 Å². The van der Waals surface area contributed by atoms with Crippen LogP contribution in [0.25, 0.3) is 0 Å². The molecule has 0 aliphatic carbocycles. The van der Waals surface area contributed by atoms with Gasteiger partial charge in [0, 0.05) is 49.7 Å². The van der Waals surface area contributed by atoms with Gasteiger partial charge in [-0.2, -0.15) is 0 Å².